The van der Waals surface area contributed by atoms with Crippen molar-refractivity contribution in [3.05, 3.63) is 75.3 Å². The van der Waals surface area contributed by atoms with E-state index in [1.54, 1.807) is 12.1 Å². The van der Waals surface area contributed by atoms with Gasteiger partial charge in [0.2, 0.25) is 0 Å². The fraction of sp³-hybridized carbons (Fsp3) is 0.444. The summed E-state index contributed by atoms with van der Waals surface area (Å²) in [7, 11) is 0. The van der Waals surface area contributed by atoms with Gasteiger partial charge in [0.25, 0.3) is 0 Å². The Morgan fingerprint density at radius 2 is 1.94 bits per heavy atom. The molecule has 7 heteroatoms. The number of aliphatic hydroxyl groups excluding tert-OH is 1. The van der Waals surface area contributed by atoms with Gasteiger partial charge in [0, 0.05) is 22.6 Å². The molecule has 0 unspecified atom stereocenters. The van der Waals surface area contributed by atoms with E-state index in [1.165, 1.54) is 6.07 Å². The molecule has 0 spiro atoms. The van der Waals surface area contributed by atoms with Crippen LogP contribution in [0.3, 0.4) is 0 Å². The Kier molecular flexibility index (Phi) is 6.51. The van der Waals surface area contributed by atoms with Crippen molar-refractivity contribution in [3.63, 3.8) is 0 Å². The minimum absolute atomic E-state index is 0.0535. The van der Waals surface area contributed by atoms with Gasteiger partial charge in [0.05, 0.1) is 29.9 Å². The van der Waals surface area contributed by atoms with E-state index in [-0.39, 0.29) is 18.3 Å². The minimum atomic E-state index is -1.23. The second-order valence-electron chi connectivity index (χ2n) is 9.59. The number of aromatic nitrogens is 1. The van der Waals surface area contributed by atoms with Crippen molar-refractivity contribution in [3.8, 4) is 11.3 Å². The predicted molar refractivity (Wildman–Crippen MR) is 127 cm³/mol. The molecule has 5 nitrogen and oxygen atoms in total. The monoisotopic (exact) mass is 485 g/mol. The van der Waals surface area contributed by atoms with Gasteiger partial charge >= 0.3 is 0 Å². The van der Waals surface area contributed by atoms with Crippen LogP contribution >= 0.6 is 11.6 Å². The Labute approximate surface area is 203 Å². The minimum Gasteiger partial charge on any atom is -0.392 e. The molecule has 1 heterocycles. The average Bonchev–Trinajstić information content (AvgIpc) is 3.59. The molecule has 2 aliphatic rings. The third kappa shape index (κ3) is 4.52. The molecular weight excluding hydrogens is 457 g/mol. The van der Waals surface area contributed by atoms with E-state index in [4.69, 9.17) is 20.9 Å². The Morgan fingerprint density at radius 3 is 2.59 bits per heavy atom. The van der Waals surface area contributed by atoms with E-state index in [0.29, 0.717) is 48.8 Å². The van der Waals surface area contributed by atoms with Crippen molar-refractivity contribution in [2.75, 3.05) is 0 Å². The lowest BCUT2D eigenvalue weighted by Gasteiger charge is -2.36. The van der Waals surface area contributed by atoms with Crippen LogP contribution in [-0.2, 0) is 23.6 Å². The first-order chi connectivity index (χ1) is 16.4. The Hall–Kier alpha value is -2.25. The number of ether oxygens (including phenoxy) is 1. The number of aryl methyl sites for hydroxylation is 1. The van der Waals surface area contributed by atoms with Gasteiger partial charge in [-0.3, -0.25) is 0 Å². The van der Waals surface area contributed by atoms with Gasteiger partial charge in [-0.25, -0.2) is 4.39 Å². The van der Waals surface area contributed by atoms with Crippen LogP contribution in [0.5, 0.6) is 0 Å². The van der Waals surface area contributed by atoms with Gasteiger partial charge in [0.15, 0.2) is 0 Å². The number of nitrogens with zero attached hydrogens (tertiary/aromatic N) is 1. The maximum atomic E-state index is 14.6. The molecule has 2 aliphatic carbocycles. The molecule has 2 saturated carbocycles. The lowest BCUT2D eigenvalue weighted by molar-refractivity contribution is -0.0656. The van der Waals surface area contributed by atoms with Crippen LogP contribution in [0.2, 0.25) is 5.02 Å². The summed E-state index contributed by atoms with van der Waals surface area (Å²) in [6.45, 7) is 2.14. The topological polar surface area (TPSA) is 75.7 Å². The quantitative estimate of drug-likeness (QED) is 0.419. The summed E-state index contributed by atoms with van der Waals surface area (Å²) < 4.78 is 26.6. The highest BCUT2D eigenvalue weighted by atomic mass is 35.5. The molecule has 0 atom stereocenters. The van der Waals surface area contributed by atoms with E-state index in [2.05, 4.69) is 5.16 Å². The standard InChI is InChI=1S/C27H29ClFNO4/c1-16-3-2-4-22(28)24(16)25-20(26(34-30-25)18-6-7-18)15-33-19-9-11-27(32,12-10-19)21-8-5-17(14-31)13-23(21)29/h2-5,8,13,18-19,31-32H,6-7,9-12,14-15H2,1H3/t19-,27+. The molecule has 0 bridgehead atoms. The second-order valence-corrected chi connectivity index (χ2v) is 10.0. The number of aliphatic hydroxyl groups is 2. The van der Waals surface area contributed by atoms with Crippen molar-refractivity contribution >= 4 is 11.6 Å². The molecule has 3 aromatic rings. The van der Waals surface area contributed by atoms with Crippen molar-refractivity contribution in [1.29, 1.82) is 0 Å². The molecule has 2 fully saturated rings. The van der Waals surface area contributed by atoms with Crippen molar-refractivity contribution in [2.24, 2.45) is 0 Å². The van der Waals surface area contributed by atoms with Crippen molar-refractivity contribution in [1.82, 2.24) is 5.16 Å². The largest absolute Gasteiger partial charge is 0.392 e. The summed E-state index contributed by atoms with van der Waals surface area (Å²) in [5.41, 5.74) is 3.14. The normalized spacial score (nSPS) is 22.8. The number of hydrogen-bond acceptors (Lipinski definition) is 5. The van der Waals surface area contributed by atoms with E-state index >= 15 is 0 Å². The molecular formula is C27H29ClFNO4. The van der Waals surface area contributed by atoms with Crippen LogP contribution in [0.25, 0.3) is 11.3 Å². The maximum Gasteiger partial charge on any atom is 0.145 e. The van der Waals surface area contributed by atoms with Gasteiger partial charge < -0.3 is 19.5 Å². The molecule has 34 heavy (non-hydrogen) atoms. The van der Waals surface area contributed by atoms with E-state index < -0.39 is 11.4 Å². The average molecular weight is 486 g/mol. The van der Waals surface area contributed by atoms with Crippen LogP contribution in [0, 0.1) is 12.7 Å². The first-order valence-electron chi connectivity index (χ1n) is 11.9. The maximum absolute atomic E-state index is 14.6. The Bertz CT molecular complexity index is 1160. The number of rotatable bonds is 7. The third-order valence-electron chi connectivity index (χ3n) is 7.17. The summed E-state index contributed by atoms with van der Waals surface area (Å²) in [6, 6.07) is 10.3. The van der Waals surface area contributed by atoms with Gasteiger partial charge in [-0.1, -0.05) is 41.0 Å². The van der Waals surface area contributed by atoms with Gasteiger partial charge in [-0.2, -0.15) is 0 Å². The Morgan fingerprint density at radius 1 is 1.18 bits per heavy atom. The molecule has 2 N–H and O–H groups in total. The molecule has 5 rings (SSSR count). The van der Waals surface area contributed by atoms with Crippen LogP contribution < -0.4 is 0 Å². The van der Waals surface area contributed by atoms with Crippen LogP contribution in [-0.4, -0.2) is 21.5 Å². The highest BCUT2D eigenvalue weighted by molar-refractivity contribution is 6.33. The summed E-state index contributed by atoms with van der Waals surface area (Å²) in [5, 5.41) is 25.4. The summed E-state index contributed by atoms with van der Waals surface area (Å²) in [4.78, 5) is 0. The molecule has 180 valence electrons. The third-order valence-corrected chi connectivity index (χ3v) is 7.48. The summed E-state index contributed by atoms with van der Waals surface area (Å²) >= 11 is 6.52. The highest BCUT2D eigenvalue weighted by Gasteiger charge is 2.38. The molecule has 0 aliphatic heterocycles. The second kappa shape index (κ2) is 9.42. The molecule has 1 aromatic heterocycles. The van der Waals surface area contributed by atoms with E-state index in [9.17, 15) is 14.6 Å². The van der Waals surface area contributed by atoms with Crippen LogP contribution in [0.4, 0.5) is 4.39 Å². The zero-order chi connectivity index (χ0) is 23.9. The first-order valence-corrected chi connectivity index (χ1v) is 12.2. The van der Waals surface area contributed by atoms with Gasteiger partial charge in [0.1, 0.15) is 17.3 Å². The molecule has 2 aromatic carbocycles. The van der Waals surface area contributed by atoms with E-state index in [0.717, 1.165) is 41.0 Å². The number of hydrogen-bond donors (Lipinski definition) is 2. The summed E-state index contributed by atoms with van der Waals surface area (Å²) in [6.07, 6.45) is 4.15. The predicted octanol–water partition coefficient (Wildman–Crippen LogP) is 6.16. The molecule has 0 radical (unpaired) electrons. The first kappa shape index (κ1) is 23.5. The zero-order valence-electron chi connectivity index (χ0n) is 19.2. The highest BCUT2D eigenvalue weighted by Crippen LogP contribution is 2.46. The van der Waals surface area contributed by atoms with E-state index in [1.807, 2.05) is 25.1 Å². The fourth-order valence-electron chi connectivity index (χ4n) is 5.00. The van der Waals surface area contributed by atoms with Crippen LogP contribution in [0.1, 0.15) is 72.5 Å². The smallest absolute Gasteiger partial charge is 0.145 e. The lowest BCUT2D eigenvalue weighted by atomic mass is 9.78. The van der Waals surface area contributed by atoms with Gasteiger partial charge in [-0.15, -0.1) is 0 Å². The molecule has 0 amide bonds. The Balaban J connectivity index is 1.30. The van der Waals surface area contributed by atoms with Gasteiger partial charge in [-0.05, 0) is 68.7 Å². The lowest BCUT2D eigenvalue weighted by Crippen LogP contribution is -2.35. The fourth-order valence-corrected chi connectivity index (χ4v) is 5.31. The number of benzene rings is 2. The zero-order valence-corrected chi connectivity index (χ0v) is 19.9. The summed E-state index contributed by atoms with van der Waals surface area (Å²) in [5.74, 6) is 0.781. The van der Waals surface area contributed by atoms with Crippen molar-refractivity contribution < 1.29 is 23.9 Å². The number of halogens is 2. The van der Waals surface area contributed by atoms with Crippen molar-refractivity contribution in [2.45, 2.75) is 76.3 Å². The SMILES string of the molecule is Cc1cccc(Cl)c1-c1noc(C2CC2)c1CO[C@H]1CC[C@](O)(c2ccc(CO)cc2F)CC1. The molecule has 0 saturated heterocycles. The van der Waals surface area contributed by atoms with Crippen LogP contribution in [0.15, 0.2) is 40.9 Å².